The Kier molecular flexibility index (Phi) is 4.26. The summed E-state index contributed by atoms with van der Waals surface area (Å²) in [6, 6.07) is 9.70. The number of nitrogens with zero attached hydrogens (tertiary/aromatic N) is 4. The molecule has 0 radical (unpaired) electrons. The molecule has 23 heavy (non-hydrogen) atoms. The number of sulfonamides is 1. The topological polar surface area (TPSA) is 81.8 Å². The summed E-state index contributed by atoms with van der Waals surface area (Å²) in [5.41, 5.74) is 2.01. The van der Waals surface area contributed by atoms with Crippen LogP contribution in [-0.4, -0.2) is 34.3 Å². The van der Waals surface area contributed by atoms with E-state index in [0.717, 1.165) is 11.3 Å². The number of hydrogen-bond acceptors (Lipinski definition) is 4. The maximum Gasteiger partial charge on any atom is 0.259 e. The lowest BCUT2D eigenvalue weighted by molar-refractivity contribution is 0.578. The van der Waals surface area contributed by atoms with Gasteiger partial charge in [0.05, 0.1) is 12.0 Å². The minimum atomic E-state index is -3.55. The Morgan fingerprint density at radius 2 is 2.00 bits per heavy atom. The van der Waals surface area contributed by atoms with Gasteiger partial charge in [-0.25, -0.2) is 22.8 Å². The molecule has 2 heterocycles. The average Bonchev–Trinajstić information content (AvgIpc) is 3.19. The van der Waals surface area contributed by atoms with Crippen molar-refractivity contribution >= 4 is 10.0 Å². The number of rotatable bonds is 6. The maximum atomic E-state index is 12.0. The van der Waals surface area contributed by atoms with Gasteiger partial charge in [-0.15, -0.1) is 0 Å². The van der Waals surface area contributed by atoms with E-state index in [-0.39, 0.29) is 5.03 Å². The fourth-order valence-corrected chi connectivity index (χ4v) is 3.18. The summed E-state index contributed by atoms with van der Waals surface area (Å²) in [5.74, 6) is 0. The van der Waals surface area contributed by atoms with Gasteiger partial charge in [0.2, 0.25) is 0 Å². The molecule has 2 aromatic heterocycles. The second-order valence-electron chi connectivity index (χ2n) is 5.14. The zero-order valence-corrected chi connectivity index (χ0v) is 13.4. The van der Waals surface area contributed by atoms with Gasteiger partial charge < -0.3 is 4.57 Å². The second-order valence-corrected chi connectivity index (χ2v) is 6.86. The van der Waals surface area contributed by atoms with Crippen molar-refractivity contribution in [3.05, 3.63) is 60.8 Å². The zero-order valence-electron chi connectivity index (χ0n) is 12.6. The van der Waals surface area contributed by atoms with E-state index in [1.54, 1.807) is 22.5 Å². The highest BCUT2D eigenvalue weighted by molar-refractivity contribution is 7.89. The second kappa shape index (κ2) is 6.35. The summed E-state index contributed by atoms with van der Waals surface area (Å²) in [6.45, 7) is 0.319. The first-order valence-corrected chi connectivity index (χ1v) is 8.59. The molecule has 0 spiro atoms. The number of aryl methyl sites for hydroxylation is 1. The van der Waals surface area contributed by atoms with Gasteiger partial charge in [-0.3, -0.25) is 0 Å². The molecule has 0 bridgehead atoms. The molecule has 1 aromatic carbocycles. The molecular weight excluding hydrogens is 314 g/mol. The number of aromatic nitrogens is 4. The van der Waals surface area contributed by atoms with Gasteiger partial charge in [0.1, 0.15) is 0 Å². The minimum absolute atomic E-state index is 0.0361. The van der Waals surface area contributed by atoms with E-state index in [9.17, 15) is 8.42 Å². The van der Waals surface area contributed by atoms with Crippen molar-refractivity contribution in [2.75, 3.05) is 6.54 Å². The van der Waals surface area contributed by atoms with Crippen molar-refractivity contribution in [3.8, 4) is 5.69 Å². The van der Waals surface area contributed by atoms with Crippen molar-refractivity contribution in [2.45, 2.75) is 11.4 Å². The molecule has 7 nitrogen and oxygen atoms in total. The molecule has 0 atom stereocenters. The quantitative estimate of drug-likeness (QED) is 0.734. The summed E-state index contributed by atoms with van der Waals surface area (Å²) in [7, 11) is -1.82. The third-order valence-corrected chi connectivity index (χ3v) is 4.71. The van der Waals surface area contributed by atoms with Gasteiger partial charge in [-0.1, -0.05) is 12.1 Å². The Morgan fingerprint density at radius 3 is 2.61 bits per heavy atom. The molecule has 8 heteroatoms. The first-order chi connectivity index (χ1) is 11.0. The average molecular weight is 331 g/mol. The Balaban J connectivity index is 1.58. The highest BCUT2D eigenvalue weighted by Gasteiger charge is 2.15. The minimum Gasteiger partial charge on any atom is -0.339 e. The highest BCUT2D eigenvalue weighted by atomic mass is 32.2. The summed E-state index contributed by atoms with van der Waals surface area (Å²) in [5, 5.41) is 4.20. The largest absolute Gasteiger partial charge is 0.339 e. The predicted molar refractivity (Wildman–Crippen MR) is 85.7 cm³/mol. The predicted octanol–water partition coefficient (Wildman–Crippen LogP) is 1.13. The molecule has 0 fully saturated rings. The Hall–Kier alpha value is -2.45. The summed E-state index contributed by atoms with van der Waals surface area (Å²) in [4.78, 5) is 3.86. The van der Waals surface area contributed by atoms with Crippen LogP contribution in [0.15, 0.2) is 60.3 Å². The standard InChI is InChI=1S/C15H17N5O2S/c1-19-11-15(16-12-19)23(21,22)18-9-7-13-3-5-14(6-4-13)20-10-2-8-17-20/h2-6,8,10-12,18H,7,9H2,1H3. The molecule has 0 aliphatic carbocycles. The van der Waals surface area contributed by atoms with Gasteiger partial charge in [0.25, 0.3) is 10.0 Å². The molecule has 1 N–H and O–H groups in total. The lowest BCUT2D eigenvalue weighted by atomic mass is 10.1. The lowest BCUT2D eigenvalue weighted by Crippen LogP contribution is -2.26. The Labute approximate surface area is 134 Å². The maximum absolute atomic E-state index is 12.0. The van der Waals surface area contributed by atoms with Crippen LogP contribution in [0.25, 0.3) is 5.69 Å². The summed E-state index contributed by atoms with van der Waals surface area (Å²) in [6.07, 6.45) is 7.13. The van der Waals surface area contributed by atoms with Crippen LogP contribution in [-0.2, 0) is 23.5 Å². The molecular formula is C15H17N5O2S. The molecule has 3 aromatic rings. The van der Waals surface area contributed by atoms with E-state index in [4.69, 9.17) is 0 Å². The van der Waals surface area contributed by atoms with Gasteiger partial charge in [0, 0.05) is 32.2 Å². The first kappa shape index (κ1) is 15.4. The molecule has 0 aliphatic heterocycles. The van der Waals surface area contributed by atoms with E-state index in [2.05, 4.69) is 14.8 Å². The van der Waals surface area contributed by atoms with Crippen LogP contribution in [0.3, 0.4) is 0 Å². The lowest BCUT2D eigenvalue weighted by Gasteiger charge is -2.06. The van der Waals surface area contributed by atoms with Crippen molar-refractivity contribution in [1.29, 1.82) is 0 Å². The number of nitrogens with one attached hydrogen (secondary N) is 1. The van der Waals surface area contributed by atoms with Gasteiger partial charge >= 0.3 is 0 Å². The van der Waals surface area contributed by atoms with Crippen LogP contribution in [0.1, 0.15) is 5.56 Å². The van der Waals surface area contributed by atoms with Crippen molar-refractivity contribution in [3.63, 3.8) is 0 Å². The van der Waals surface area contributed by atoms with E-state index < -0.39 is 10.0 Å². The van der Waals surface area contributed by atoms with E-state index in [1.807, 2.05) is 36.5 Å². The van der Waals surface area contributed by atoms with Gasteiger partial charge in [-0.2, -0.15) is 5.10 Å². The van der Waals surface area contributed by atoms with Crippen molar-refractivity contribution < 1.29 is 8.42 Å². The molecule has 0 saturated carbocycles. The fraction of sp³-hybridized carbons (Fsp3) is 0.200. The molecule has 0 amide bonds. The van der Waals surface area contributed by atoms with Crippen molar-refractivity contribution in [1.82, 2.24) is 24.1 Å². The number of hydrogen-bond donors (Lipinski definition) is 1. The Bertz CT molecular complexity index is 867. The summed E-state index contributed by atoms with van der Waals surface area (Å²) < 4.78 is 30.0. The van der Waals surface area contributed by atoms with E-state index in [0.29, 0.717) is 13.0 Å². The smallest absolute Gasteiger partial charge is 0.259 e. The summed E-state index contributed by atoms with van der Waals surface area (Å²) >= 11 is 0. The third-order valence-electron chi connectivity index (χ3n) is 3.37. The van der Waals surface area contributed by atoms with E-state index in [1.165, 1.54) is 12.5 Å². The van der Waals surface area contributed by atoms with Crippen LogP contribution < -0.4 is 4.72 Å². The monoisotopic (exact) mass is 331 g/mol. The third kappa shape index (κ3) is 3.66. The normalized spacial score (nSPS) is 11.7. The van der Waals surface area contributed by atoms with Crippen LogP contribution in [0.5, 0.6) is 0 Å². The molecule has 120 valence electrons. The molecule has 0 saturated heterocycles. The number of benzene rings is 1. The fourth-order valence-electron chi connectivity index (χ4n) is 2.17. The molecule has 0 unspecified atom stereocenters. The molecule has 0 aliphatic rings. The van der Waals surface area contributed by atoms with Crippen LogP contribution in [0, 0.1) is 0 Å². The zero-order chi connectivity index (χ0) is 16.3. The SMILES string of the molecule is Cn1cnc(S(=O)(=O)NCCc2ccc(-n3cccn3)cc2)c1. The van der Waals surface area contributed by atoms with Crippen LogP contribution in [0.4, 0.5) is 0 Å². The Morgan fingerprint density at radius 1 is 1.22 bits per heavy atom. The highest BCUT2D eigenvalue weighted by Crippen LogP contribution is 2.09. The van der Waals surface area contributed by atoms with E-state index >= 15 is 0 Å². The first-order valence-electron chi connectivity index (χ1n) is 7.11. The van der Waals surface area contributed by atoms with Crippen LogP contribution in [0.2, 0.25) is 0 Å². The number of imidazole rings is 1. The van der Waals surface area contributed by atoms with Gasteiger partial charge in [0.15, 0.2) is 5.03 Å². The van der Waals surface area contributed by atoms with Crippen molar-refractivity contribution in [2.24, 2.45) is 7.05 Å². The van der Waals surface area contributed by atoms with Gasteiger partial charge in [-0.05, 0) is 30.2 Å². The van der Waals surface area contributed by atoms with Crippen LogP contribution >= 0.6 is 0 Å². The molecule has 3 rings (SSSR count).